The lowest BCUT2D eigenvalue weighted by atomic mass is 10.1. The lowest BCUT2D eigenvalue weighted by Crippen LogP contribution is -1.99. The maximum absolute atomic E-state index is 9.61. The van der Waals surface area contributed by atoms with E-state index in [9.17, 15) is 15.3 Å². The van der Waals surface area contributed by atoms with Crippen molar-refractivity contribution in [3.8, 4) is 34.5 Å². The molecule has 0 aliphatic rings. The molecule has 0 saturated carbocycles. The molecule has 0 fully saturated rings. The summed E-state index contributed by atoms with van der Waals surface area (Å²) >= 11 is 40.3. The predicted molar refractivity (Wildman–Crippen MR) is 259 cm³/mol. The van der Waals surface area contributed by atoms with E-state index in [4.69, 9.17) is 79.1 Å². The summed E-state index contributed by atoms with van der Waals surface area (Å²) < 4.78 is 12.1. The van der Waals surface area contributed by atoms with Crippen LogP contribution in [0.1, 0.15) is 21.6 Å². The van der Waals surface area contributed by atoms with Crippen molar-refractivity contribution in [1.82, 2.24) is 0 Å². The van der Waals surface area contributed by atoms with Crippen LogP contribution in [0.15, 0.2) is 125 Å². The first kappa shape index (κ1) is 47.7. The van der Waals surface area contributed by atoms with E-state index in [0.717, 1.165) is 43.7 Å². The van der Waals surface area contributed by atoms with Crippen LogP contribution in [-0.4, -0.2) is 22.4 Å². The number of hydrogen-bond donors (Lipinski definition) is 6. The second-order valence-electron chi connectivity index (χ2n) is 13.0. The van der Waals surface area contributed by atoms with Crippen molar-refractivity contribution < 1.29 is 24.8 Å². The first-order valence-corrected chi connectivity index (χ1v) is 22.0. The van der Waals surface area contributed by atoms with Gasteiger partial charge in [-0.1, -0.05) is 112 Å². The summed E-state index contributed by atoms with van der Waals surface area (Å²) in [7, 11) is 1.63. The highest BCUT2D eigenvalue weighted by Crippen LogP contribution is 2.37. The van der Waals surface area contributed by atoms with Gasteiger partial charge in [0.15, 0.2) is 17.2 Å². The van der Waals surface area contributed by atoms with Gasteiger partial charge in [-0.25, -0.2) is 0 Å². The monoisotopic (exact) mass is 1020 g/mol. The zero-order valence-electron chi connectivity index (χ0n) is 32.4. The molecular formula is C45H38BrCl6N3O5S. The summed E-state index contributed by atoms with van der Waals surface area (Å²) in [6.45, 7) is 3.97. The van der Waals surface area contributed by atoms with E-state index < -0.39 is 0 Å². The first-order chi connectivity index (χ1) is 29.2. The zero-order chi connectivity index (χ0) is 44.1. The number of methoxy groups -OCH3 is 1. The minimum atomic E-state index is -0.117. The second-order valence-corrected chi connectivity index (χ2v) is 18.0. The molecule has 16 heteroatoms. The molecular weight excluding hydrogens is 987 g/mol. The van der Waals surface area contributed by atoms with Gasteiger partial charge in [-0.05, 0) is 119 Å². The SMILES string of the molecule is COc1ccc(Oc2cccc(CNc3cc(Cl)c(O)c(Cl)c3)c2)cc1.Cc1cccc(CNc2cc(Cl)c(O)c(Cl)c2)c1.Oc1c(Cl)cc(NCc2ccc(Br)s2)cc1Cl. The lowest BCUT2D eigenvalue weighted by molar-refractivity contribution is 0.413. The molecule has 8 nitrogen and oxygen atoms in total. The molecule has 0 amide bonds. The molecule has 0 bridgehead atoms. The average Bonchev–Trinajstić information content (AvgIpc) is 3.67. The number of benzene rings is 6. The van der Waals surface area contributed by atoms with E-state index in [1.54, 1.807) is 54.8 Å². The van der Waals surface area contributed by atoms with Crippen LogP contribution in [0, 0.1) is 6.92 Å². The number of aromatic hydroxyl groups is 3. The van der Waals surface area contributed by atoms with Gasteiger partial charge in [0, 0.05) is 41.6 Å². The smallest absolute Gasteiger partial charge is 0.152 e. The van der Waals surface area contributed by atoms with E-state index in [1.165, 1.54) is 16.0 Å². The third-order valence-electron chi connectivity index (χ3n) is 8.42. The lowest BCUT2D eigenvalue weighted by Gasteiger charge is -2.11. The van der Waals surface area contributed by atoms with Gasteiger partial charge in [-0.15, -0.1) is 11.3 Å². The third kappa shape index (κ3) is 14.9. The Morgan fingerprint density at radius 2 is 0.934 bits per heavy atom. The third-order valence-corrected chi connectivity index (χ3v) is 11.8. The van der Waals surface area contributed by atoms with E-state index in [0.29, 0.717) is 19.6 Å². The fourth-order valence-electron chi connectivity index (χ4n) is 5.37. The maximum Gasteiger partial charge on any atom is 0.152 e. The van der Waals surface area contributed by atoms with Crippen molar-refractivity contribution in [1.29, 1.82) is 0 Å². The predicted octanol–water partition coefficient (Wildman–Crippen LogP) is 15.9. The highest BCUT2D eigenvalue weighted by molar-refractivity contribution is 9.11. The van der Waals surface area contributed by atoms with Crippen LogP contribution in [0.5, 0.6) is 34.5 Å². The highest BCUT2D eigenvalue weighted by atomic mass is 79.9. The minimum Gasteiger partial charge on any atom is -0.505 e. The molecule has 61 heavy (non-hydrogen) atoms. The van der Waals surface area contributed by atoms with Gasteiger partial charge in [-0.3, -0.25) is 0 Å². The molecule has 0 radical (unpaired) electrons. The van der Waals surface area contributed by atoms with Gasteiger partial charge < -0.3 is 40.7 Å². The Bertz CT molecular complexity index is 2490. The van der Waals surface area contributed by atoms with Crippen LogP contribution >= 0.6 is 96.9 Å². The maximum atomic E-state index is 9.61. The quantitative estimate of drug-likeness (QED) is 0.0671. The normalized spacial score (nSPS) is 10.4. The Morgan fingerprint density at radius 3 is 1.36 bits per heavy atom. The largest absolute Gasteiger partial charge is 0.505 e. The molecule has 0 spiro atoms. The molecule has 0 unspecified atom stereocenters. The molecule has 6 aromatic carbocycles. The van der Waals surface area contributed by atoms with Gasteiger partial charge in [0.1, 0.15) is 17.2 Å². The Hall–Kier alpha value is -4.36. The Kier molecular flexibility index (Phi) is 18.1. The number of phenols is 3. The van der Waals surface area contributed by atoms with Crippen molar-refractivity contribution in [2.75, 3.05) is 23.1 Å². The standard InChI is InChI=1S/C20H17Cl2NO3.C14H13Cl2NO.C11H8BrCl2NOS/c1-25-15-5-7-16(8-6-15)26-17-4-2-3-13(9-17)12-23-14-10-18(21)20(24)19(22)11-14;1-9-3-2-4-10(5-9)8-17-11-6-12(15)14(18)13(16)7-11;12-10-2-1-7(17-10)5-15-6-3-8(13)11(16)9(14)4-6/h2-11,23-24H,12H2,1H3;2-7,17-18H,8H2,1H3;1-4,15-16H,5H2. The number of thiophene rings is 1. The van der Waals surface area contributed by atoms with Crippen LogP contribution in [0.25, 0.3) is 0 Å². The van der Waals surface area contributed by atoms with Gasteiger partial charge in [0.2, 0.25) is 0 Å². The molecule has 0 aliphatic carbocycles. The molecule has 1 aromatic heterocycles. The van der Waals surface area contributed by atoms with E-state index >= 15 is 0 Å². The number of nitrogens with one attached hydrogen (secondary N) is 3. The summed E-state index contributed by atoms with van der Waals surface area (Å²) in [5.74, 6) is 1.96. The van der Waals surface area contributed by atoms with Crippen molar-refractivity contribution in [2.24, 2.45) is 0 Å². The summed E-state index contributed by atoms with van der Waals surface area (Å²) in [6.07, 6.45) is 0. The fourth-order valence-corrected chi connectivity index (χ4v) is 8.25. The van der Waals surface area contributed by atoms with Crippen molar-refractivity contribution in [3.63, 3.8) is 0 Å². The van der Waals surface area contributed by atoms with Gasteiger partial charge in [0.05, 0.1) is 41.0 Å². The summed E-state index contributed by atoms with van der Waals surface area (Å²) in [4.78, 5) is 1.19. The molecule has 6 N–H and O–H groups in total. The second kappa shape index (κ2) is 23.2. The first-order valence-electron chi connectivity index (χ1n) is 18.1. The Labute approximate surface area is 396 Å². The van der Waals surface area contributed by atoms with Gasteiger partial charge >= 0.3 is 0 Å². The summed E-state index contributed by atoms with van der Waals surface area (Å²) in [6, 6.07) is 37.2. The van der Waals surface area contributed by atoms with E-state index in [-0.39, 0.29) is 47.4 Å². The Balaban J connectivity index is 0.000000179. The molecule has 0 aliphatic heterocycles. The number of ether oxygens (including phenoxy) is 2. The van der Waals surface area contributed by atoms with Crippen molar-refractivity contribution >= 4 is 114 Å². The molecule has 0 atom stereocenters. The number of halogens is 7. The van der Waals surface area contributed by atoms with Crippen LogP contribution in [-0.2, 0) is 19.6 Å². The molecule has 318 valence electrons. The molecule has 7 rings (SSSR count). The van der Waals surface area contributed by atoms with E-state index in [1.807, 2.05) is 72.8 Å². The number of aryl methyl sites for hydroxylation is 1. The Morgan fingerprint density at radius 1 is 0.508 bits per heavy atom. The number of hydrogen-bond acceptors (Lipinski definition) is 9. The van der Waals surface area contributed by atoms with Crippen LogP contribution in [0.4, 0.5) is 17.1 Å². The van der Waals surface area contributed by atoms with Gasteiger partial charge in [0.25, 0.3) is 0 Å². The zero-order valence-corrected chi connectivity index (χ0v) is 39.3. The molecule has 1 heterocycles. The van der Waals surface area contributed by atoms with Crippen LogP contribution in [0.3, 0.4) is 0 Å². The molecule has 7 aromatic rings. The molecule has 0 saturated heterocycles. The summed E-state index contributed by atoms with van der Waals surface area (Å²) in [5, 5.41) is 39.5. The van der Waals surface area contributed by atoms with Gasteiger partial charge in [-0.2, -0.15) is 0 Å². The highest BCUT2D eigenvalue weighted by Gasteiger charge is 2.09. The average molecular weight is 1030 g/mol. The summed E-state index contributed by atoms with van der Waals surface area (Å²) in [5.41, 5.74) is 5.70. The number of rotatable bonds is 12. The fraction of sp³-hybridized carbons (Fsp3) is 0.111. The topological polar surface area (TPSA) is 115 Å². The van der Waals surface area contributed by atoms with Crippen LogP contribution < -0.4 is 25.4 Å². The van der Waals surface area contributed by atoms with Crippen LogP contribution in [0.2, 0.25) is 30.1 Å². The van der Waals surface area contributed by atoms with Crippen molar-refractivity contribution in [3.05, 3.63) is 177 Å². The minimum absolute atomic E-state index is 0.0839. The number of phenolic OH excluding ortho intramolecular Hbond substituents is 3. The van der Waals surface area contributed by atoms with E-state index in [2.05, 4.69) is 50.9 Å². The number of anilines is 3. The van der Waals surface area contributed by atoms with Crippen molar-refractivity contribution in [2.45, 2.75) is 26.6 Å².